The monoisotopic (exact) mass is 212 g/mol. The number of nitriles is 1. The zero-order valence-electron chi connectivity index (χ0n) is 9.48. The topological polar surface area (TPSA) is 68.3 Å². The molecule has 1 aliphatic heterocycles. The molecule has 86 valence electrons. The van der Waals surface area contributed by atoms with E-state index in [4.69, 9.17) is 20.5 Å². The Bertz CT molecular complexity index is 217. The van der Waals surface area contributed by atoms with Gasteiger partial charge in [0.1, 0.15) is 0 Å². The molecule has 0 spiro atoms. The SMILES string of the molecule is CC1CC(OCCC(N)C#N)CC(C)O1. The van der Waals surface area contributed by atoms with E-state index < -0.39 is 6.04 Å². The highest BCUT2D eigenvalue weighted by atomic mass is 16.5. The maximum absolute atomic E-state index is 8.51. The van der Waals surface area contributed by atoms with E-state index >= 15 is 0 Å². The molecule has 0 aliphatic carbocycles. The molecule has 0 radical (unpaired) electrons. The highest BCUT2D eigenvalue weighted by Gasteiger charge is 2.24. The molecular weight excluding hydrogens is 192 g/mol. The molecule has 15 heavy (non-hydrogen) atoms. The van der Waals surface area contributed by atoms with Gasteiger partial charge in [-0.25, -0.2) is 0 Å². The summed E-state index contributed by atoms with van der Waals surface area (Å²) in [6.45, 7) is 4.69. The standard InChI is InChI=1S/C11H20N2O2/c1-8-5-11(6-9(2)15-8)14-4-3-10(13)7-12/h8-11H,3-6,13H2,1-2H3. The van der Waals surface area contributed by atoms with Gasteiger partial charge >= 0.3 is 0 Å². The maximum atomic E-state index is 8.51. The molecule has 1 fully saturated rings. The fraction of sp³-hybridized carbons (Fsp3) is 0.909. The van der Waals surface area contributed by atoms with Gasteiger partial charge in [-0.05, 0) is 33.1 Å². The number of nitrogens with zero attached hydrogens (tertiary/aromatic N) is 1. The minimum absolute atomic E-state index is 0.259. The third-order valence-corrected chi connectivity index (χ3v) is 2.60. The summed E-state index contributed by atoms with van der Waals surface area (Å²) in [5, 5.41) is 8.51. The van der Waals surface area contributed by atoms with Crippen LogP contribution in [0.15, 0.2) is 0 Å². The predicted octanol–water partition coefficient (Wildman–Crippen LogP) is 1.20. The largest absolute Gasteiger partial charge is 0.378 e. The molecule has 1 rings (SSSR count). The molecule has 2 N–H and O–H groups in total. The Kier molecular flexibility index (Phi) is 5.03. The zero-order valence-corrected chi connectivity index (χ0v) is 9.48. The third-order valence-electron chi connectivity index (χ3n) is 2.60. The molecular formula is C11H20N2O2. The molecule has 0 amide bonds. The molecule has 0 bridgehead atoms. The lowest BCUT2D eigenvalue weighted by Gasteiger charge is -2.32. The average Bonchev–Trinajstić information content (AvgIpc) is 2.16. The molecule has 4 nitrogen and oxygen atoms in total. The predicted molar refractivity (Wildman–Crippen MR) is 57.2 cm³/mol. The van der Waals surface area contributed by atoms with Crippen molar-refractivity contribution >= 4 is 0 Å². The normalized spacial score (nSPS) is 33.3. The number of nitrogens with two attached hydrogens (primary N) is 1. The Hall–Kier alpha value is -0.630. The molecule has 3 unspecified atom stereocenters. The first kappa shape index (κ1) is 12.4. The second kappa shape index (κ2) is 6.06. The first-order chi connectivity index (χ1) is 7.11. The Morgan fingerprint density at radius 2 is 2.07 bits per heavy atom. The molecule has 0 aromatic heterocycles. The molecule has 4 heteroatoms. The van der Waals surface area contributed by atoms with Crippen LogP contribution in [0.4, 0.5) is 0 Å². The van der Waals surface area contributed by atoms with Crippen molar-refractivity contribution in [3.05, 3.63) is 0 Å². The Labute approximate surface area is 91.3 Å². The second-order valence-corrected chi connectivity index (χ2v) is 4.25. The van der Waals surface area contributed by atoms with Gasteiger partial charge in [-0.3, -0.25) is 0 Å². The van der Waals surface area contributed by atoms with Crippen LogP contribution < -0.4 is 5.73 Å². The van der Waals surface area contributed by atoms with Crippen molar-refractivity contribution in [1.29, 1.82) is 5.26 Å². The Morgan fingerprint density at radius 3 is 2.60 bits per heavy atom. The van der Waals surface area contributed by atoms with Gasteiger partial charge in [0, 0.05) is 6.61 Å². The van der Waals surface area contributed by atoms with E-state index in [0.717, 1.165) is 12.8 Å². The van der Waals surface area contributed by atoms with E-state index in [0.29, 0.717) is 13.0 Å². The zero-order chi connectivity index (χ0) is 11.3. The lowest BCUT2D eigenvalue weighted by molar-refractivity contribution is -0.102. The van der Waals surface area contributed by atoms with Crippen LogP contribution >= 0.6 is 0 Å². The highest BCUT2D eigenvalue weighted by Crippen LogP contribution is 2.21. The van der Waals surface area contributed by atoms with Crippen molar-refractivity contribution in [2.45, 2.75) is 57.5 Å². The molecule has 0 saturated carbocycles. The first-order valence-corrected chi connectivity index (χ1v) is 5.54. The van der Waals surface area contributed by atoms with Gasteiger partial charge in [0.05, 0.1) is 30.4 Å². The van der Waals surface area contributed by atoms with Crippen molar-refractivity contribution in [2.75, 3.05) is 6.61 Å². The molecule has 1 aliphatic rings. The van der Waals surface area contributed by atoms with Crippen LogP contribution in [-0.4, -0.2) is 31.0 Å². The molecule has 3 atom stereocenters. The van der Waals surface area contributed by atoms with E-state index in [9.17, 15) is 0 Å². The minimum Gasteiger partial charge on any atom is -0.378 e. The fourth-order valence-corrected chi connectivity index (χ4v) is 1.91. The van der Waals surface area contributed by atoms with Gasteiger partial charge in [0.2, 0.25) is 0 Å². The van der Waals surface area contributed by atoms with Crippen molar-refractivity contribution in [3.8, 4) is 6.07 Å². The lowest BCUT2D eigenvalue weighted by atomic mass is 10.0. The van der Waals surface area contributed by atoms with Gasteiger partial charge in [0.25, 0.3) is 0 Å². The fourth-order valence-electron chi connectivity index (χ4n) is 1.91. The molecule has 0 aromatic rings. The quantitative estimate of drug-likeness (QED) is 0.760. The summed E-state index contributed by atoms with van der Waals surface area (Å²) >= 11 is 0. The number of ether oxygens (including phenoxy) is 2. The van der Waals surface area contributed by atoms with Gasteiger partial charge in [-0.1, -0.05) is 0 Å². The van der Waals surface area contributed by atoms with Gasteiger partial charge < -0.3 is 15.2 Å². The highest BCUT2D eigenvalue weighted by molar-refractivity contribution is 4.86. The van der Waals surface area contributed by atoms with Crippen LogP contribution in [0.25, 0.3) is 0 Å². The summed E-state index contributed by atoms with van der Waals surface area (Å²) < 4.78 is 11.3. The number of rotatable bonds is 4. The van der Waals surface area contributed by atoms with Crippen LogP contribution in [0, 0.1) is 11.3 Å². The summed E-state index contributed by atoms with van der Waals surface area (Å²) in [5.41, 5.74) is 5.48. The Balaban J connectivity index is 2.18. The lowest BCUT2D eigenvalue weighted by Crippen LogP contribution is -2.34. The van der Waals surface area contributed by atoms with Gasteiger partial charge in [-0.15, -0.1) is 0 Å². The average molecular weight is 212 g/mol. The maximum Gasteiger partial charge on any atom is 0.0950 e. The molecule has 1 heterocycles. The van der Waals surface area contributed by atoms with Crippen LogP contribution in [0.5, 0.6) is 0 Å². The number of hydrogen-bond donors (Lipinski definition) is 1. The van der Waals surface area contributed by atoms with E-state index in [1.807, 2.05) is 6.07 Å². The molecule has 0 aromatic carbocycles. The van der Waals surface area contributed by atoms with Gasteiger partial charge in [-0.2, -0.15) is 5.26 Å². The minimum atomic E-state index is -0.403. The van der Waals surface area contributed by atoms with E-state index in [-0.39, 0.29) is 18.3 Å². The van der Waals surface area contributed by atoms with Crippen LogP contribution in [-0.2, 0) is 9.47 Å². The van der Waals surface area contributed by atoms with Crippen LogP contribution in [0.2, 0.25) is 0 Å². The summed E-state index contributed by atoms with van der Waals surface area (Å²) in [4.78, 5) is 0. The summed E-state index contributed by atoms with van der Waals surface area (Å²) in [6.07, 6.45) is 3.27. The first-order valence-electron chi connectivity index (χ1n) is 5.54. The smallest absolute Gasteiger partial charge is 0.0950 e. The summed E-state index contributed by atoms with van der Waals surface area (Å²) in [7, 11) is 0. The van der Waals surface area contributed by atoms with E-state index in [1.165, 1.54) is 0 Å². The summed E-state index contributed by atoms with van der Waals surface area (Å²) in [6, 6.07) is 1.59. The van der Waals surface area contributed by atoms with Crippen LogP contribution in [0.3, 0.4) is 0 Å². The van der Waals surface area contributed by atoms with Crippen LogP contribution in [0.1, 0.15) is 33.1 Å². The van der Waals surface area contributed by atoms with Crippen molar-refractivity contribution in [3.63, 3.8) is 0 Å². The van der Waals surface area contributed by atoms with Gasteiger partial charge in [0.15, 0.2) is 0 Å². The van der Waals surface area contributed by atoms with E-state index in [2.05, 4.69) is 13.8 Å². The van der Waals surface area contributed by atoms with E-state index in [1.54, 1.807) is 0 Å². The molecule has 1 saturated heterocycles. The second-order valence-electron chi connectivity index (χ2n) is 4.25. The van der Waals surface area contributed by atoms with Crippen molar-refractivity contribution in [2.24, 2.45) is 5.73 Å². The van der Waals surface area contributed by atoms with Crippen molar-refractivity contribution in [1.82, 2.24) is 0 Å². The Morgan fingerprint density at radius 1 is 1.47 bits per heavy atom. The summed E-state index contributed by atoms with van der Waals surface area (Å²) in [5.74, 6) is 0. The van der Waals surface area contributed by atoms with Crippen molar-refractivity contribution < 1.29 is 9.47 Å². The third kappa shape index (κ3) is 4.61. The number of hydrogen-bond acceptors (Lipinski definition) is 4.